The van der Waals surface area contributed by atoms with Gasteiger partial charge in [0.25, 0.3) is 5.91 Å². The standard InChI is InChI=1S/C25H33N3O3S2/c1-33-14-12-21(25(30)31)28-24(29)20-15-19(27-16-22-23(32)11-13-26-22)10-9-18(20)8-7-17-5-3-2-4-6-17/h2-6,9-10,15,21-23,26-27,32H,7-8,11-14,16H2,1H3,(H,28,29)(H,30,31)/t21-,22?,23?/m0/s1. The van der Waals surface area contributed by atoms with Crippen LogP contribution in [-0.2, 0) is 17.6 Å². The number of thiol groups is 1. The number of nitrogens with one attached hydrogen (secondary N) is 3. The summed E-state index contributed by atoms with van der Waals surface area (Å²) in [6, 6.07) is 15.3. The summed E-state index contributed by atoms with van der Waals surface area (Å²) in [6.07, 6.45) is 4.84. The third-order valence-electron chi connectivity index (χ3n) is 5.93. The topological polar surface area (TPSA) is 90.5 Å². The number of carboxylic acid groups (broad SMARTS) is 1. The third kappa shape index (κ3) is 7.69. The Morgan fingerprint density at radius 2 is 2.00 bits per heavy atom. The predicted molar refractivity (Wildman–Crippen MR) is 140 cm³/mol. The van der Waals surface area contributed by atoms with Gasteiger partial charge in [0.1, 0.15) is 6.04 Å². The van der Waals surface area contributed by atoms with Gasteiger partial charge in [-0.3, -0.25) is 4.79 Å². The number of carbonyl (C=O) groups is 2. The van der Waals surface area contributed by atoms with Crippen LogP contribution in [0.4, 0.5) is 5.69 Å². The normalized spacial score (nSPS) is 18.6. The molecular formula is C25H33N3O3S2. The van der Waals surface area contributed by atoms with Gasteiger partial charge in [-0.15, -0.1) is 0 Å². The largest absolute Gasteiger partial charge is 0.480 e. The molecule has 0 aromatic heterocycles. The molecule has 1 heterocycles. The van der Waals surface area contributed by atoms with E-state index < -0.39 is 12.0 Å². The first kappa shape index (κ1) is 25.5. The fourth-order valence-corrected chi connectivity index (χ4v) is 4.77. The summed E-state index contributed by atoms with van der Waals surface area (Å²) in [5, 5.41) is 19.4. The molecule has 1 fully saturated rings. The van der Waals surface area contributed by atoms with E-state index in [9.17, 15) is 14.7 Å². The highest BCUT2D eigenvalue weighted by atomic mass is 32.2. The lowest BCUT2D eigenvalue weighted by atomic mass is 9.98. The lowest BCUT2D eigenvalue weighted by molar-refractivity contribution is -0.139. The Morgan fingerprint density at radius 3 is 2.67 bits per heavy atom. The van der Waals surface area contributed by atoms with E-state index in [2.05, 4.69) is 40.7 Å². The molecule has 1 saturated heterocycles. The van der Waals surface area contributed by atoms with Crippen molar-refractivity contribution in [3.8, 4) is 0 Å². The zero-order valence-corrected chi connectivity index (χ0v) is 20.6. The van der Waals surface area contributed by atoms with E-state index in [4.69, 9.17) is 0 Å². The number of rotatable bonds is 12. The summed E-state index contributed by atoms with van der Waals surface area (Å²) >= 11 is 6.19. The van der Waals surface area contributed by atoms with Crippen molar-refractivity contribution in [2.24, 2.45) is 0 Å². The van der Waals surface area contributed by atoms with Crippen molar-refractivity contribution in [3.63, 3.8) is 0 Å². The van der Waals surface area contributed by atoms with Crippen LogP contribution in [0.15, 0.2) is 48.5 Å². The molecule has 0 spiro atoms. The molecule has 0 radical (unpaired) electrons. The van der Waals surface area contributed by atoms with Crippen molar-refractivity contribution in [3.05, 3.63) is 65.2 Å². The number of anilines is 1. The fraction of sp³-hybridized carbons (Fsp3) is 0.440. The van der Waals surface area contributed by atoms with E-state index >= 15 is 0 Å². The SMILES string of the molecule is CSCC[C@H](NC(=O)c1cc(NCC2NCCC2S)ccc1CCc1ccccc1)C(=O)O. The number of carbonyl (C=O) groups excluding carboxylic acids is 1. The average Bonchev–Trinajstić information content (AvgIpc) is 3.24. The van der Waals surface area contributed by atoms with Gasteiger partial charge in [0, 0.05) is 29.1 Å². The summed E-state index contributed by atoms with van der Waals surface area (Å²) in [4.78, 5) is 24.9. The summed E-state index contributed by atoms with van der Waals surface area (Å²) in [6.45, 7) is 1.67. The fourth-order valence-electron chi connectivity index (χ4n) is 3.96. The highest BCUT2D eigenvalue weighted by molar-refractivity contribution is 7.98. The third-order valence-corrected chi connectivity index (χ3v) is 7.19. The van der Waals surface area contributed by atoms with Crippen LogP contribution in [0.3, 0.4) is 0 Å². The van der Waals surface area contributed by atoms with Gasteiger partial charge in [0.15, 0.2) is 0 Å². The second-order valence-corrected chi connectivity index (χ2v) is 9.95. The smallest absolute Gasteiger partial charge is 0.326 e. The summed E-state index contributed by atoms with van der Waals surface area (Å²) in [5.74, 6) is -0.690. The number of hydrogen-bond donors (Lipinski definition) is 5. The second-order valence-electron chi connectivity index (χ2n) is 8.30. The number of thioether (sulfide) groups is 1. The van der Waals surface area contributed by atoms with Crippen LogP contribution in [0, 0.1) is 0 Å². The van der Waals surface area contributed by atoms with Crippen LogP contribution >= 0.6 is 24.4 Å². The van der Waals surface area contributed by atoms with Crippen molar-refractivity contribution >= 4 is 42.0 Å². The molecule has 6 nitrogen and oxygen atoms in total. The monoisotopic (exact) mass is 487 g/mol. The number of aryl methyl sites for hydroxylation is 2. The van der Waals surface area contributed by atoms with Gasteiger partial charge in [-0.2, -0.15) is 24.4 Å². The van der Waals surface area contributed by atoms with Crippen LogP contribution in [0.25, 0.3) is 0 Å². The quantitative estimate of drug-likeness (QED) is 0.295. The summed E-state index contributed by atoms with van der Waals surface area (Å²) < 4.78 is 0. The molecule has 1 amide bonds. The highest BCUT2D eigenvalue weighted by Gasteiger charge is 2.24. The maximum atomic E-state index is 13.2. The van der Waals surface area contributed by atoms with Crippen molar-refractivity contribution in [1.29, 1.82) is 0 Å². The van der Waals surface area contributed by atoms with Crippen LogP contribution in [0.1, 0.15) is 34.3 Å². The van der Waals surface area contributed by atoms with Crippen molar-refractivity contribution in [2.45, 2.75) is 43.0 Å². The minimum absolute atomic E-state index is 0.270. The Kier molecular flexibility index (Phi) is 9.96. The summed E-state index contributed by atoms with van der Waals surface area (Å²) in [7, 11) is 0. The molecule has 2 unspecified atom stereocenters. The molecule has 8 heteroatoms. The molecule has 0 aliphatic carbocycles. The molecule has 3 rings (SSSR count). The molecule has 0 saturated carbocycles. The second kappa shape index (κ2) is 12.9. The Morgan fingerprint density at radius 1 is 1.21 bits per heavy atom. The van der Waals surface area contributed by atoms with Gasteiger partial charge in [-0.1, -0.05) is 36.4 Å². The van der Waals surface area contributed by atoms with E-state index in [0.717, 1.165) is 30.6 Å². The zero-order valence-electron chi connectivity index (χ0n) is 18.9. The number of carboxylic acids is 1. The maximum absolute atomic E-state index is 13.2. The summed E-state index contributed by atoms with van der Waals surface area (Å²) in [5.41, 5.74) is 3.46. The maximum Gasteiger partial charge on any atom is 0.326 e. The first-order chi connectivity index (χ1) is 16.0. The molecule has 2 aromatic carbocycles. The Bertz CT molecular complexity index is 926. The number of benzene rings is 2. The first-order valence-electron chi connectivity index (χ1n) is 11.3. The number of amides is 1. The van der Waals surface area contributed by atoms with Crippen LogP contribution < -0.4 is 16.0 Å². The zero-order chi connectivity index (χ0) is 23.6. The van der Waals surface area contributed by atoms with Gasteiger partial charge in [-0.05, 0) is 67.5 Å². The minimum atomic E-state index is -1.01. The molecule has 4 N–H and O–H groups in total. The lowest BCUT2D eigenvalue weighted by Gasteiger charge is -2.19. The molecule has 0 bridgehead atoms. The predicted octanol–water partition coefficient (Wildman–Crippen LogP) is 3.48. The van der Waals surface area contributed by atoms with E-state index in [1.807, 2.05) is 42.7 Å². The Labute approximate surface area is 205 Å². The van der Waals surface area contributed by atoms with Gasteiger partial charge in [0.05, 0.1) is 0 Å². The number of hydrogen-bond acceptors (Lipinski definition) is 6. The van der Waals surface area contributed by atoms with Crippen molar-refractivity contribution < 1.29 is 14.7 Å². The number of aliphatic carboxylic acids is 1. The first-order valence-corrected chi connectivity index (χ1v) is 13.2. The van der Waals surface area contributed by atoms with E-state index in [-0.39, 0.29) is 11.9 Å². The van der Waals surface area contributed by atoms with Gasteiger partial charge >= 0.3 is 5.97 Å². The molecule has 3 atom stereocenters. The molecular weight excluding hydrogens is 454 g/mol. The van der Waals surface area contributed by atoms with Crippen LogP contribution in [-0.4, -0.2) is 59.4 Å². The van der Waals surface area contributed by atoms with Crippen molar-refractivity contribution in [1.82, 2.24) is 10.6 Å². The molecule has 2 aromatic rings. The van der Waals surface area contributed by atoms with Gasteiger partial charge < -0.3 is 21.1 Å². The van der Waals surface area contributed by atoms with E-state index in [1.165, 1.54) is 5.56 Å². The van der Waals surface area contributed by atoms with E-state index in [0.29, 0.717) is 36.0 Å². The van der Waals surface area contributed by atoms with Crippen LogP contribution in [0.2, 0.25) is 0 Å². The van der Waals surface area contributed by atoms with Crippen LogP contribution in [0.5, 0.6) is 0 Å². The van der Waals surface area contributed by atoms with Gasteiger partial charge in [0.2, 0.25) is 0 Å². The Hall–Kier alpha value is -2.16. The van der Waals surface area contributed by atoms with E-state index in [1.54, 1.807) is 11.8 Å². The molecule has 1 aliphatic rings. The van der Waals surface area contributed by atoms with Gasteiger partial charge in [-0.25, -0.2) is 4.79 Å². The molecule has 33 heavy (non-hydrogen) atoms. The molecule has 178 valence electrons. The minimum Gasteiger partial charge on any atom is -0.480 e. The highest BCUT2D eigenvalue weighted by Crippen LogP contribution is 2.20. The lowest BCUT2D eigenvalue weighted by Crippen LogP contribution is -2.41. The van der Waals surface area contributed by atoms with Crippen molar-refractivity contribution in [2.75, 3.05) is 30.4 Å². The Balaban J connectivity index is 1.77. The average molecular weight is 488 g/mol. The molecule has 1 aliphatic heterocycles.